The fourth-order valence-corrected chi connectivity index (χ4v) is 5.06. The van der Waals surface area contributed by atoms with E-state index in [1.54, 1.807) is 4.68 Å². The minimum atomic E-state index is -0.0159. The topological polar surface area (TPSA) is 70.1 Å². The van der Waals surface area contributed by atoms with Gasteiger partial charge >= 0.3 is 0 Å². The molecule has 1 N–H and O–H groups in total. The molecule has 0 amide bonds. The lowest BCUT2D eigenvalue weighted by molar-refractivity contribution is 0.246. The zero-order valence-electron chi connectivity index (χ0n) is 18.2. The zero-order valence-corrected chi connectivity index (χ0v) is 19.7. The molecule has 0 radical (unpaired) electrons. The number of para-hydroxylation sites is 1. The maximum absolute atomic E-state index is 13.0. The smallest absolute Gasteiger partial charge is 0.274 e. The van der Waals surface area contributed by atoms with Gasteiger partial charge in [-0.1, -0.05) is 48.5 Å². The lowest BCUT2D eigenvalue weighted by Crippen LogP contribution is -2.46. The van der Waals surface area contributed by atoms with Gasteiger partial charge in [0.2, 0.25) is 5.13 Å². The molecule has 2 aromatic carbocycles. The standard InChI is InChI=1S/C24H25ClN6OS/c25-12-11-20-21(27-31(23(20)32)19-9-5-2-6-10-19)17-29-13-15-30(16-14-29)24-26-22(28-33-24)18-7-3-1-4-8-18/h1-10,27H,11-17H2. The van der Waals surface area contributed by atoms with Crippen LogP contribution in [0.1, 0.15) is 11.3 Å². The molecule has 1 aliphatic heterocycles. The largest absolute Gasteiger partial charge is 0.344 e. The molecule has 7 nitrogen and oxygen atoms in total. The van der Waals surface area contributed by atoms with E-state index in [1.807, 2.05) is 60.7 Å². The van der Waals surface area contributed by atoms with Gasteiger partial charge in [-0.05, 0) is 18.6 Å². The molecule has 0 saturated carbocycles. The number of hydrogen-bond acceptors (Lipinski definition) is 6. The Morgan fingerprint density at radius 1 is 0.970 bits per heavy atom. The number of aromatic amines is 1. The summed E-state index contributed by atoms with van der Waals surface area (Å²) < 4.78 is 6.17. The molecule has 3 heterocycles. The van der Waals surface area contributed by atoms with E-state index in [4.69, 9.17) is 16.6 Å². The molecular weight excluding hydrogens is 456 g/mol. The number of benzene rings is 2. The van der Waals surface area contributed by atoms with Crippen LogP contribution in [0.3, 0.4) is 0 Å². The van der Waals surface area contributed by atoms with Crippen molar-refractivity contribution in [1.82, 2.24) is 24.0 Å². The van der Waals surface area contributed by atoms with Crippen LogP contribution in [0.15, 0.2) is 65.5 Å². The average Bonchev–Trinajstić information content (AvgIpc) is 3.47. The molecule has 0 bridgehead atoms. The number of aromatic nitrogens is 4. The summed E-state index contributed by atoms with van der Waals surface area (Å²) in [5.41, 5.74) is 3.57. The van der Waals surface area contributed by atoms with E-state index in [2.05, 4.69) is 19.3 Å². The second-order valence-corrected chi connectivity index (χ2v) is 9.12. The van der Waals surface area contributed by atoms with Gasteiger partial charge in [0.05, 0.1) is 11.4 Å². The summed E-state index contributed by atoms with van der Waals surface area (Å²) in [7, 11) is 0. The molecule has 0 atom stereocenters. The Hall–Kier alpha value is -2.94. The van der Waals surface area contributed by atoms with Crippen molar-refractivity contribution in [1.29, 1.82) is 0 Å². The summed E-state index contributed by atoms with van der Waals surface area (Å²) in [6.07, 6.45) is 0.555. The Bertz CT molecular complexity index is 1240. The van der Waals surface area contributed by atoms with E-state index in [0.717, 1.165) is 59.6 Å². The first-order chi connectivity index (χ1) is 16.2. The van der Waals surface area contributed by atoms with Crippen molar-refractivity contribution in [2.24, 2.45) is 0 Å². The van der Waals surface area contributed by atoms with Gasteiger partial charge in [0.25, 0.3) is 5.56 Å². The highest BCUT2D eigenvalue weighted by Crippen LogP contribution is 2.25. The van der Waals surface area contributed by atoms with Crippen LogP contribution in [0, 0.1) is 0 Å². The van der Waals surface area contributed by atoms with E-state index in [0.29, 0.717) is 18.8 Å². The number of anilines is 1. The lowest BCUT2D eigenvalue weighted by atomic mass is 10.1. The summed E-state index contributed by atoms with van der Waals surface area (Å²) in [5.74, 6) is 1.20. The summed E-state index contributed by atoms with van der Waals surface area (Å²) in [5, 5.41) is 4.29. The molecule has 33 heavy (non-hydrogen) atoms. The molecule has 4 aromatic rings. The first kappa shape index (κ1) is 21.9. The van der Waals surface area contributed by atoms with Crippen LogP contribution in [0.25, 0.3) is 17.1 Å². The molecule has 0 aliphatic carbocycles. The minimum Gasteiger partial charge on any atom is -0.344 e. The predicted molar refractivity (Wildman–Crippen MR) is 134 cm³/mol. The Balaban J connectivity index is 1.27. The molecule has 5 rings (SSSR count). The SMILES string of the molecule is O=c1c(CCCl)c(CN2CCN(c3nc(-c4ccccc4)ns3)CC2)[nH]n1-c1ccccc1. The number of piperazine rings is 1. The van der Waals surface area contributed by atoms with E-state index < -0.39 is 0 Å². The number of halogens is 1. The molecule has 1 aliphatic rings. The van der Waals surface area contributed by atoms with Crippen LogP contribution >= 0.6 is 23.1 Å². The van der Waals surface area contributed by atoms with Crippen molar-refractivity contribution in [3.8, 4) is 17.1 Å². The molecular formula is C24H25ClN6OS. The van der Waals surface area contributed by atoms with Gasteiger partial charge < -0.3 is 4.90 Å². The molecule has 170 valence electrons. The summed E-state index contributed by atoms with van der Waals surface area (Å²) >= 11 is 7.47. The molecule has 2 aromatic heterocycles. The van der Waals surface area contributed by atoms with Gasteiger partial charge in [-0.25, -0.2) is 4.68 Å². The van der Waals surface area contributed by atoms with Crippen molar-refractivity contribution in [3.05, 3.63) is 82.3 Å². The van der Waals surface area contributed by atoms with E-state index in [9.17, 15) is 4.79 Å². The fourth-order valence-electron chi connectivity index (χ4n) is 4.13. The average molecular weight is 481 g/mol. The number of alkyl halides is 1. The summed E-state index contributed by atoms with van der Waals surface area (Å²) in [4.78, 5) is 22.4. The minimum absolute atomic E-state index is 0.0159. The maximum Gasteiger partial charge on any atom is 0.274 e. The van der Waals surface area contributed by atoms with Crippen LogP contribution in [0.2, 0.25) is 0 Å². The van der Waals surface area contributed by atoms with E-state index in [-0.39, 0.29) is 5.56 Å². The number of nitrogens with zero attached hydrogens (tertiary/aromatic N) is 5. The highest BCUT2D eigenvalue weighted by atomic mass is 35.5. The normalized spacial score (nSPS) is 14.6. The Morgan fingerprint density at radius 2 is 1.67 bits per heavy atom. The van der Waals surface area contributed by atoms with Gasteiger partial charge in [0.15, 0.2) is 5.82 Å². The number of nitrogens with one attached hydrogen (secondary N) is 1. The second-order valence-electron chi connectivity index (χ2n) is 8.01. The third-order valence-electron chi connectivity index (χ3n) is 5.90. The van der Waals surface area contributed by atoms with Crippen molar-refractivity contribution in [2.45, 2.75) is 13.0 Å². The van der Waals surface area contributed by atoms with E-state index >= 15 is 0 Å². The van der Waals surface area contributed by atoms with Crippen molar-refractivity contribution in [2.75, 3.05) is 37.0 Å². The first-order valence-electron chi connectivity index (χ1n) is 11.0. The monoisotopic (exact) mass is 480 g/mol. The molecule has 1 saturated heterocycles. The quantitative estimate of drug-likeness (QED) is 0.407. The highest BCUT2D eigenvalue weighted by molar-refractivity contribution is 7.09. The maximum atomic E-state index is 13.0. The Labute approximate surface area is 201 Å². The number of H-pyrrole nitrogens is 1. The van der Waals surface area contributed by atoms with Crippen LogP contribution in [0.5, 0.6) is 0 Å². The van der Waals surface area contributed by atoms with Gasteiger partial charge in [-0.2, -0.15) is 9.36 Å². The highest BCUT2D eigenvalue weighted by Gasteiger charge is 2.23. The third-order valence-corrected chi connectivity index (χ3v) is 6.87. The van der Waals surface area contributed by atoms with Crippen molar-refractivity contribution >= 4 is 28.3 Å². The number of rotatable bonds is 7. The third kappa shape index (κ3) is 4.73. The van der Waals surface area contributed by atoms with Crippen LogP contribution in [-0.4, -0.2) is 56.1 Å². The number of hydrogen-bond donors (Lipinski definition) is 1. The predicted octanol–water partition coefficient (Wildman–Crippen LogP) is 3.79. The Kier molecular flexibility index (Phi) is 6.57. The second kappa shape index (κ2) is 9.91. The van der Waals surface area contributed by atoms with Crippen LogP contribution in [-0.2, 0) is 13.0 Å². The molecule has 0 unspecified atom stereocenters. The molecule has 9 heteroatoms. The van der Waals surface area contributed by atoms with E-state index in [1.165, 1.54) is 11.5 Å². The lowest BCUT2D eigenvalue weighted by Gasteiger charge is -2.34. The Morgan fingerprint density at radius 3 is 2.36 bits per heavy atom. The molecule has 1 fully saturated rings. The fraction of sp³-hybridized carbons (Fsp3) is 0.292. The van der Waals surface area contributed by atoms with Crippen LogP contribution in [0.4, 0.5) is 5.13 Å². The zero-order chi connectivity index (χ0) is 22.6. The summed E-state index contributed by atoms with van der Waals surface area (Å²) in [6.45, 7) is 4.22. The van der Waals surface area contributed by atoms with Gasteiger partial charge in [-0.3, -0.25) is 14.8 Å². The summed E-state index contributed by atoms with van der Waals surface area (Å²) in [6, 6.07) is 19.7. The molecule has 0 spiro atoms. The van der Waals surface area contributed by atoms with Crippen molar-refractivity contribution in [3.63, 3.8) is 0 Å². The van der Waals surface area contributed by atoms with Gasteiger partial charge in [0, 0.05) is 61.3 Å². The van der Waals surface area contributed by atoms with Crippen LogP contribution < -0.4 is 10.5 Å². The van der Waals surface area contributed by atoms with Gasteiger partial charge in [-0.15, -0.1) is 11.6 Å². The van der Waals surface area contributed by atoms with Crippen molar-refractivity contribution < 1.29 is 0 Å². The first-order valence-corrected chi connectivity index (χ1v) is 12.3. The van der Waals surface area contributed by atoms with Gasteiger partial charge in [0.1, 0.15) is 0 Å².